The summed E-state index contributed by atoms with van der Waals surface area (Å²) in [6.45, 7) is 0. The molecule has 0 heterocycles. The molecule has 0 amide bonds. The first kappa shape index (κ1) is 15.3. The van der Waals surface area contributed by atoms with E-state index in [-0.39, 0.29) is 11.4 Å². The van der Waals surface area contributed by atoms with Crippen LogP contribution in [0.15, 0.2) is 40.9 Å². The lowest BCUT2D eigenvalue weighted by Gasteiger charge is -2.16. The number of halogens is 3. The van der Waals surface area contributed by atoms with E-state index in [1.807, 2.05) is 0 Å². The van der Waals surface area contributed by atoms with Gasteiger partial charge in [0, 0.05) is 16.5 Å². The lowest BCUT2D eigenvalue weighted by atomic mass is 10.0. The molecule has 0 radical (unpaired) electrons. The molecule has 2 aromatic carbocycles. The molecule has 0 spiro atoms. The molecule has 1 unspecified atom stereocenters. The molecule has 1 N–H and O–H groups in total. The number of hydrogen-bond acceptors (Lipinski definition) is 2. The Labute approximate surface area is 130 Å². The second-order valence-electron chi connectivity index (χ2n) is 4.32. The van der Waals surface area contributed by atoms with Gasteiger partial charge in [0.15, 0.2) is 0 Å². The first-order chi connectivity index (χ1) is 9.52. The average molecular weight is 360 g/mol. The fourth-order valence-corrected chi connectivity index (χ4v) is 2.52. The summed E-state index contributed by atoms with van der Waals surface area (Å²) in [4.78, 5) is 0. The van der Waals surface area contributed by atoms with Crippen molar-refractivity contribution < 1.29 is 14.2 Å². The van der Waals surface area contributed by atoms with Crippen LogP contribution in [0.25, 0.3) is 0 Å². The maximum Gasteiger partial charge on any atom is 0.145 e. The average Bonchev–Trinajstić information content (AvgIpc) is 2.43. The number of hydrogen-bond donors (Lipinski definition) is 1. The smallest absolute Gasteiger partial charge is 0.145 e. The van der Waals surface area contributed by atoms with Crippen LogP contribution in [-0.4, -0.2) is 12.2 Å². The normalized spacial score (nSPS) is 12.2. The first-order valence-electron chi connectivity index (χ1n) is 5.97. The highest BCUT2D eigenvalue weighted by atomic mass is 79.9. The van der Waals surface area contributed by atoms with Crippen LogP contribution in [0.2, 0.25) is 5.02 Å². The van der Waals surface area contributed by atoms with Crippen molar-refractivity contribution in [3.63, 3.8) is 0 Å². The van der Waals surface area contributed by atoms with Crippen LogP contribution in [0.1, 0.15) is 17.2 Å². The highest BCUT2D eigenvalue weighted by molar-refractivity contribution is 9.10. The third kappa shape index (κ3) is 3.32. The molecule has 20 heavy (non-hydrogen) atoms. The molecule has 0 bridgehead atoms. The van der Waals surface area contributed by atoms with Crippen LogP contribution >= 0.6 is 27.5 Å². The zero-order valence-electron chi connectivity index (χ0n) is 10.7. The molecule has 106 valence electrons. The summed E-state index contributed by atoms with van der Waals surface area (Å²) < 4.78 is 19.9. The standard InChI is InChI=1S/C15H13BrClFO2/c1-20-14-8-10(16)5-6-11(14)13(19)7-9-3-2-4-12(17)15(9)18/h2-6,8,13,19H,7H2,1H3. The van der Waals surface area contributed by atoms with Crippen molar-refractivity contribution in [1.82, 2.24) is 0 Å². The Kier molecular flexibility index (Phi) is 5.02. The van der Waals surface area contributed by atoms with Crippen molar-refractivity contribution >= 4 is 27.5 Å². The van der Waals surface area contributed by atoms with Crippen LogP contribution in [0, 0.1) is 5.82 Å². The lowest BCUT2D eigenvalue weighted by Crippen LogP contribution is -2.05. The van der Waals surface area contributed by atoms with Crippen molar-refractivity contribution in [2.24, 2.45) is 0 Å². The van der Waals surface area contributed by atoms with Gasteiger partial charge >= 0.3 is 0 Å². The fraction of sp³-hybridized carbons (Fsp3) is 0.200. The van der Waals surface area contributed by atoms with E-state index in [2.05, 4.69) is 15.9 Å². The van der Waals surface area contributed by atoms with Crippen molar-refractivity contribution in [2.75, 3.05) is 7.11 Å². The van der Waals surface area contributed by atoms with E-state index in [9.17, 15) is 9.50 Å². The Hall–Kier alpha value is -1.10. The summed E-state index contributed by atoms with van der Waals surface area (Å²) in [6.07, 6.45) is -0.740. The molecule has 0 saturated heterocycles. The summed E-state index contributed by atoms with van der Waals surface area (Å²) >= 11 is 9.07. The molecule has 0 aliphatic rings. The minimum absolute atomic E-state index is 0.0532. The molecule has 2 aromatic rings. The largest absolute Gasteiger partial charge is 0.496 e. The molecule has 0 aromatic heterocycles. The molecule has 2 nitrogen and oxygen atoms in total. The van der Waals surface area contributed by atoms with Gasteiger partial charge in [-0.2, -0.15) is 0 Å². The van der Waals surface area contributed by atoms with Gasteiger partial charge in [0.05, 0.1) is 18.2 Å². The third-order valence-electron chi connectivity index (χ3n) is 3.00. The van der Waals surface area contributed by atoms with E-state index < -0.39 is 11.9 Å². The molecule has 1 atom stereocenters. The predicted molar refractivity (Wildman–Crippen MR) is 80.8 cm³/mol. The van der Waals surface area contributed by atoms with Crippen LogP contribution in [0.3, 0.4) is 0 Å². The Morgan fingerprint density at radius 2 is 2.10 bits per heavy atom. The van der Waals surface area contributed by atoms with Crippen LogP contribution in [0.5, 0.6) is 5.75 Å². The van der Waals surface area contributed by atoms with Gasteiger partial charge in [-0.3, -0.25) is 0 Å². The van der Waals surface area contributed by atoms with Gasteiger partial charge in [0.2, 0.25) is 0 Å². The van der Waals surface area contributed by atoms with Crippen LogP contribution < -0.4 is 4.74 Å². The third-order valence-corrected chi connectivity index (χ3v) is 3.78. The number of methoxy groups -OCH3 is 1. The Morgan fingerprint density at radius 3 is 2.80 bits per heavy atom. The molecule has 5 heteroatoms. The maximum atomic E-state index is 13.8. The Balaban J connectivity index is 2.28. The van der Waals surface area contributed by atoms with E-state index in [0.29, 0.717) is 16.9 Å². The quantitative estimate of drug-likeness (QED) is 0.869. The van der Waals surface area contributed by atoms with E-state index >= 15 is 0 Å². The van der Waals surface area contributed by atoms with E-state index in [1.54, 1.807) is 30.3 Å². The van der Waals surface area contributed by atoms with Gasteiger partial charge in [-0.1, -0.05) is 45.7 Å². The monoisotopic (exact) mass is 358 g/mol. The van der Waals surface area contributed by atoms with Gasteiger partial charge in [0.25, 0.3) is 0 Å². The number of rotatable bonds is 4. The Bertz CT molecular complexity index is 619. The lowest BCUT2D eigenvalue weighted by molar-refractivity contribution is 0.172. The topological polar surface area (TPSA) is 29.5 Å². The summed E-state index contributed by atoms with van der Waals surface area (Å²) in [5.41, 5.74) is 0.977. The molecule has 0 fully saturated rings. The highest BCUT2D eigenvalue weighted by Gasteiger charge is 2.17. The molecule has 0 saturated carbocycles. The number of aliphatic hydroxyl groups is 1. The SMILES string of the molecule is COc1cc(Br)ccc1C(O)Cc1cccc(Cl)c1F. The van der Waals surface area contributed by atoms with Gasteiger partial charge < -0.3 is 9.84 Å². The van der Waals surface area contributed by atoms with Gasteiger partial charge in [-0.05, 0) is 23.8 Å². The fourth-order valence-electron chi connectivity index (χ4n) is 1.98. The number of benzene rings is 2. The first-order valence-corrected chi connectivity index (χ1v) is 7.14. The molecule has 0 aliphatic carbocycles. The molecule has 0 aliphatic heterocycles. The molecular weight excluding hydrogens is 347 g/mol. The van der Waals surface area contributed by atoms with Gasteiger partial charge in [-0.25, -0.2) is 4.39 Å². The van der Waals surface area contributed by atoms with Gasteiger partial charge in [-0.15, -0.1) is 0 Å². The Morgan fingerprint density at radius 1 is 1.35 bits per heavy atom. The zero-order chi connectivity index (χ0) is 14.7. The van der Waals surface area contributed by atoms with Crippen molar-refractivity contribution in [3.8, 4) is 5.75 Å². The van der Waals surface area contributed by atoms with Crippen molar-refractivity contribution in [2.45, 2.75) is 12.5 Å². The van der Waals surface area contributed by atoms with E-state index in [1.165, 1.54) is 13.2 Å². The van der Waals surface area contributed by atoms with E-state index in [0.717, 1.165) is 4.47 Å². The molecule has 2 rings (SSSR count). The summed E-state index contributed by atoms with van der Waals surface area (Å²) in [5, 5.41) is 10.3. The number of aliphatic hydroxyl groups excluding tert-OH is 1. The summed E-state index contributed by atoms with van der Waals surface area (Å²) in [7, 11) is 1.53. The van der Waals surface area contributed by atoms with Gasteiger partial charge in [0.1, 0.15) is 11.6 Å². The molecular formula is C15H13BrClFO2. The summed E-state index contributed by atoms with van der Waals surface area (Å²) in [5.74, 6) is 0.0543. The zero-order valence-corrected chi connectivity index (χ0v) is 13.1. The maximum absolute atomic E-state index is 13.8. The summed E-state index contributed by atoms with van der Waals surface area (Å²) in [6, 6.07) is 10.0. The van der Waals surface area contributed by atoms with E-state index in [4.69, 9.17) is 16.3 Å². The predicted octanol–water partition coefficient (Wildman–Crippen LogP) is 4.53. The van der Waals surface area contributed by atoms with Crippen molar-refractivity contribution in [1.29, 1.82) is 0 Å². The minimum Gasteiger partial charge on any atom is -0.496 e. The second-order valence-corrected chi connectivity index (χ2v) is 5.64. The highest BCUT2D eigenvalue weighted by Crippen LogP contribution is 2.31. The minimum atomic E-state index is -0.869. The second kappa shape index (κ2) is 6.57. The number of ether oxygens (including phenoxy) is 1. The van der Waals surface area contributed by atoms with Crippen LogP contribution in [0.4, 0.5) is 4.39 Å². The van der Waals surface area contributed by atoms with Crippen molar-refractivity contribution in [3.05, 3.63) is 62.8 Å². The van der Waals surface area contributed by atoms with Crippen LogP contribution in [-0.2, 0) is 6.42 Å².